The summed E-state index contributed by atoms with van der Waals surface area (Å²) in [4.78, 5) is 22.7. The van der Waals surface area contributed by atoms with Gasteiger partial charge in [0.1, 0.15) is 0 Å². The molecule has 0 aliphatic heterocycles. The first-order valence-electron chi connectivity index (χ1n) is 7.33. The number of carbonyl (C=O) groups excluding carboxylic acids is 1. The van der Waals surface area contributed by atoms with Crippen LogP contribution in [0.5, 0.6) is 0 Å². The maximum atomic E-state index is 11.7. The number of carboxylic acid groups (broad SMARTS) is 1. The molecule has 0 spiro atoms. The quantitative estimate of drug-likeness (QED) is 0.602. The molecule has 0 bridgehead atoms. The summed E-state index contributed by atoms with van der Waals surface area (Å²) in [6, 6.07) is -0.0307. The molecule has 110 valence electrons. The monoisotopic (exact) mass is 270 g/mol. The average molecular weight is 270 g/mol. The fraction of sp³-hybridized carbons (Fsp3) is 0.857. The smallest absolute Gasteiger partial charge is 0.315 e. The Morgan fingerprint density at radius 1 is 1.32 bits per heavy atom. The minimum Gasteiger partial charge on any atom is -0.481 e. The maximum Gasteiger partial charge on any atom is 0.315 e. The Bertz CT molecular complexity index is 303. The number of aliphatic carboxylic acids is 1. The molecule has 1 fully saturated rings. The van der Waals surface area contributed by atoms with Crippen molar-refractivity contribution in [3.05, 3.63) is 0 Å². The summed E-state index contributed by atoms with van der Waals surface area (Å²) >= 11 is 0. The molecule has 1 rings (SSSR count). The van der Waals surface area contributed by atoms with Gasteiger partial charge < -0.3 is 15.7 Å². The summed E-state index contributed by atoms with van der Waals surface area (Å²) in [5.41, 5.74) is 0. The Morgan fingerprint density at radius 2 is 2.00 bits per heavy atom. The van der Waals surface area contributed by atoms with Crippen molar-refractivity contribution in [2.45, 2.75) is 58.4 Å². The Labute approximate surface area is 115 Å². The zero-order chi connectivity index (χ0) is 14.3. The largest absolute Gasteiger partial charge is 0.481 e. The maximum absolute atomic E-state index is 11.7. The highest BCUT2D eigenvalue weighted by molar-refractivity contribution is 5.76. The Balaban J connectivity index is 2.26. The molecule has 2 unspecified atom stereocenters. The van der Waals surface area contributed by atoms with Gasteiger partial charge in [0.25, 0.3) is 0 Å². The van der Waals surface area contributed by atoms with Crippen LogP contribution in [-0.2, 0) is 4.79 Å². The molecule has 1 aliphatic rings. The zero-order valence-electron chi connectivity index (χ0n) is 11.9. The van der Waals surface area contributed by atoms with Crippen molar-refractivity contribution in [3.8, 4) is 0 Å². The molecule has 1 saturated carbocycles. The molecule has 0 saturated heterocycles. The standard InChI is InChI=1S/C14H26N2O3/c1-3-5-11(13(17)18)9-15-14(19)16-12(4-2)8-10-6-7-10/h10-12H,3-9H2,1-2H3,(H,17,18)(H2,15,16,19). The normalized spacial score (nSPS) is 17.6. The van der Waals surface area contributed by atoms with E-state index < -0.39 is 11.9 Å². The minimum atomic E-state index is -0.841. The van der Waals surface area contributed by atoms with Gasteiger partial charge in [0.15, 0.2) is 0 Å². The molecule has 5 nitrogen and oxygen atoms in total. The Morgan fingerprint density at radius 3 is 2.47 bits per heavy atom. The van der Waals surface area contributed by atoms with E-state index in [-0.39, 0.29) is 18.6 Å². The second-order valence-electron chi connectivity index (χ2n) is 5.46. The lowest BCUT2D eigenvalue weighted by Crippen LogP contribution is -2.44. The highest BCUT2D eigenvalue weighted by atomic mass is 16.4. The van der Waals surface area contributed by atoms with Crippen LogP contribution in [-0.4, -0.2) is 29.7 Å². The van der Waals surface area contributed by atoms with E-state index in [0.29, 0.717) is 6.42 Å². The lowest BCUT2D eigenvalue weighted by Gasteiger charge is -2.18. The van der Waals surface area contributed by atoms with Crippen LogP contribution in [0.3, 0.4) is 0 Å². The number of hydrogen-bond acceptors (Lipinski definition) is 2. The van der Waals surface area contributed by atoms with E-state index >= 15 is 0 Å². The lowest BCUT2D eigenvalue weighted by molar-refractivity contribution is -0.141. The molecule has 0 radical (unpaired) electrons. The van der Waals surface area contributed by atoms with Crippen molar-refractivity contribution in [1.82, 2.24) is 10.6 Å². The number of carboxylic acids is 1. The van der Waals surface area contributed by atoms with E-state index in [9.17, 15) is 9.59 Å². The molecule has 2 atom stereocenters. The number of nitrogens with one attached hydrogen (secondary N) is 2. The predicted molar refractivity (Wildman–Crippen MR) is 74.0 cm³/mol. The summed E-state index contributed by atoms with van der Waals surface area (Å²) in [6.07, 6.45) is 5.91. The molecule has 5 heteroatoms. The molecule has 3 N–H and O–H groups in total. The highest BCUT2D eigenvalue weighted by Gasteiger charge is 2.25. The summed E-state index contributed by atoms with van der Waals surface area (Å²) < 4.78 is 0. The van der Waals surface area contributed by atoms with Crippen LogP contribution in [0.4, 0.5) is 4.79 Å². The van der Waals surface area contributed by atoms with Crippen molar-refractivity contribution >= 4 is 12.0 Å². The Hall–Kier alpha value is -1.26. The summed E-state index contributed by atoms with van der Waals surface area (Å²) in [5, 5.41) is 14.6. The second-order valence-corrected chi connectivity index (χ2v) is 5.46. The van der Waals surface area contributed by atoms with Gasteiger partial charge in [0.05, 0.1) is 5.92 Å². The molecular weight excluding hydrogens is 244 g/mol. The topological polar surface area (TPSA) is 78.4 Å². The third-order valence-corrected chi connectivity index (χ3v) is 3.64. The number of rotatable bonds is 9. The molecule has 0 aromatic heterocycles. The average Bonchev–Trinajstić information content (AvgIpc) is 3.17. The summed E-state index contributed by atoms with van der Waals surface area (Å²) in [6.45, 7) is 4.21. The van der Waals surface area contributed by atoms with Gasteiger partial charge in [-0.3, -0.25) is 4.79 Å². The fourth-order valence-electron chi connectivity index (χ4n) is 2.20. The number of urea groups is 1. The van der Waals surface area contributed by atoms with E-state index in [1.807, 2.05) is 6.92 Å². The third-order valence-electron chi connectivity index (χ3n) is 3.64. The highest BCUT2D eigenvalue weighted by Crippen LogP contribution is 2.33. The van der Waals surface area contributed by atoms with Gasteiger partial charge in [0.2, 0.25) is 0 Å². The SMILES string of the molecule is CCCC(CNC(=O)NC(CC)CC1CC1)C(=O)O. The first-order chi connectivity index (χ1) is 9.06. The number of hydrogen-bond donors (Lipinski definition) is 3. The molecule has 0 aromatic rings. The Kier molecular flexibility index (Phi) is 6.67. The number of carbonyl (C=O) groups is 2. The first-order valence-corrected chi connectivity index (χ1v) is 7.33. The first kappa shape index (κ1) is 15.8. The van der Waals surface area contributed by atoms with E-state index in [1.54, 1.807) is 0 Å². The van der Waals surface area contributed by atoms with E-state index in [1.165, 1.54) is 12.8 Å². The van der Waals surface area contributed by atoms with Gasteiger partial charge in [-0.25, -0.2) is 4.79 Å². The lowest BCUT2D eigenvalue weighted by atomic mass is 10.0. The van der Waals surface area contributed by atoms with Crippen LogP contribution in [0.25, 0.3) is 0 Å². The van der Waals surface area contributed by atoms with Crippen molar-refractivity contribution in [2.24, 2.45) is 11.8 Å². The minimum absolute atomic E-state index is 0.203. The van der Waals surface area contributed by atoms with E-state index in [4.69, 9.17) is 5.11 Å². The van der Waals surface area contributed by atoms with E-state index in [2.05, 4.69) is 17.6 Å². The molecule has 19 heavy (non-hydrogen) atoms. The van der Waals surface area contributed by atoms with Crippen molar-refractivity contribution in [2.75, 3.05) is 6.54 Å². The molecular formula is C14H26N2O3. The molecule has 1 aliphatic carbocycles. The zero-order valence-corrected chi connectivity index (χ0v) is 11.9. The molecule has 0 heterocycles. The number of amides is 2. The van der Waals surface area contributed by atoms with Crippen LogP contribution in [0.15, 0.2) is 0 Å². The van der Waals surface area contributed by atoms with Crippen molar-refractivity contribution in [3.63, 3.8) is 0 Å². The second kappa shape index (κ2) is 8.02. The van der Waals surface area contributed by atoms with Gasteiger partial charge >= 0.3 is 12.0 Å². The van der Waals surface area contributed by atoms with Crippen LogP contribution in [0.1, 0.15) is 52.4 Å². The third kappa shape index (κ3) is 6.45. The summed E-state index contributed by atoms with van der Waals surface area (Å²) in [5.74, 6) is -0.552. The molecule has 0 aromatic carbocycles. The molecule has 2 amide bonds. The van der Waals surface area contributed by atoms with Crippen LogP contribution in [0, 0.1) is 11.8 Å². The van der Waals surface area contributed by atoms with Gasteiger partial charge in [-0.05, 0) is 25.2 Å². The van der Waals surface area contributed by atoms with Gasteiger partial charge in [-0.2, -0.15) is 0 Å². The summed E-state index contributed by atoms with van der Waals surface area (Å²) in [7, 11) is 0. The van der Waals surface area contributed by atoms with Crippen LogP contribution >= 0.6 is 0 Å². The van der Waals surface area contributed by atoms with Gasteiger partial charge in [0, 0.05) is 12.6 Å². The van der Waals surface area contributed by atoms with Crippen LogP contribution < -0.4 is 10.6 Å². The predicted octanol–water partition coefficient (Wildman–Crippen LogP) is 2.37. The fourth-order valence-corrected chi connectivity index (χ4v) is 2.20. The van der Waals surface area contributed by atoms with Crippen molar-refractivity contribution in [1.29, 1.82) is 0 Å². The van der Waals surface area contributed by atoms with Crippen LogP contribution in [0.2, 0.25) is 0 Å². The van der Waals surface area contributed by atoms with Gasteiger partial charge in [-0.1, -0.05) is 33.1 Å². The van der Waals surface area contributed by atoms with Crippen molar-refractivity contribution < 1.29 is 14.7 Å². The van der Waals surface area contributed by atoms with E-state index in [0.717, 1.165) is 25.2 Å². The van der Waals surface area contributed by atoms with Gasteiger partial charge in [-0.15, -0.1) is 0 Å².